The summed E-state index contributed by atoms with van der Waals surface area (Å²) in [7, 11) is 0. The molecule has 140 valence electrons. The predicted octanol–water partition coefficient (Wildman–Crippen LogP) is 1.35. The zero-order valence-corrected chi connectivity index (χ0v) is 15.2. The van der Waals surface area contributed by atoms with Crippen molar-refractivity contribution in [1.82, 2.24) is 5.43 Å². The number of primary amides is 1. The van der Waals surface area contributed by atoms with E-state index in [1.807, 2.05) is 37.5 Å². The first-order valence-electron chi connectivity index (χ1n) is 8.27. The number of nitrogens with two attached hydrogens (primary N) is 1. The molecule has 0 radical (unpaired) electrons. The predicted molar refractivity (Wildman–Crippen MR) is 98.5 cm³/mol. The molecule has 0 unspecified atom stereocenters. The molecule has 0 heterocycles. The van der Waals surface area contributed by atoms with Gasteiger partial charge in [0.15, 0.2) is 0 Å². The highest BCUT2D eigenvalue weighted by Crippen LogP contribution is 2.14. The van der Waals surface area contributed by atoms with Crippen molar-refractivity contribution in [3.8, 4) is 0 Å². The van der Waals surface area contributed by atoms with Crippen molar-refractivity contribution in [3.63, 3.8) is 0 Å². The van der Waals surface area contributed by atoms with Crippen molar-refractivity contribution in [2.24, 2.45) is 10.8 Å². The molecule has 0 aromatic heterocycles. The third-order valence-electron chi connectivity index (χ3n) is 3.77. The number of anilines is 1. The van der Waals surface area contributed by atoms with Crippen LogP contribution in [0.3, 0.4) is 0 Å². The van der Waals surface area contributed by atoms with Crippen LogP contribution in [0.2, 0.25) is 0 Å². The molecule has 1 rings (SSSR count). The number of amides is 3. The van der Waals surface area contributed by atoms with E-state index in [2.05, 4.69) is 10.4 Å². The van der Waals surface area contributed by atoms with Gasteiger partial charge in [-0.25, -0.2) is 5.43 Å². The van der Waals surface area contributed by atoms with Gasteiger partial charge in [-0.2, -0.15) is 5.10 Å². The molecule has 0 saturated heterocycles. The number of Topliss-reactive ketones (excluding diaryl/α,β-unsaturated/α-hetero) is 1. The average molecular weight is 360 g/mol. The third kappa shape index (κ3) is 7.25. The number of benzene rings is 1. The molecule has 0 atom stereocenters. The van der Waals surface area contributed by atoms with Gasteiger partial charge in [-0.3, -0.25) is 19.2 Å². The topological polar surface area (TPSA) is 131 Å². The van der Waals surface area contributed by atoms with Gasteiger partial charge in [0.05, 0.1) is 0 Å². The van der Waals surface area contributed by atoms with E-state index in [1.54, 1.807) is 6.92 Å². The van der Waals surface area contributed by atoms with E-state index in [4.69, 9.17) is 5.73 Å². The minimum Gasteiger partial charge on any atom is -0.361 e. The molecule has 3 amide bonds. The van der Waals surface area contributed by atoms with Crippen molar-refractivity contribution in [1.29, 1.82) is 0 Å². The Balaban J connectivity index is 2.47. The first kappa shape index (κ1) is 21.0. The van der Waals surface area contributed by atoms with Crippen molar-refractivity contribution in [2.75, 3.05) is 5.32 Å². The molecule has 0 fully saturated rings. The lowest BCUT2D eigenvalue weighted by Gasteiger charge is -2.08. The van der Waals surface area contributed by atoms with E-state index in [1.165, 1.54) is 0 Å². The Hall–Kier alpha value is -3.03. The fourth-order valence-corrected chi connectivity index (χ4v) is 2.04. The van der Waals surface area contributed by atoms with Crippen LogP contribution < -0.4 is 16.5 Å². The van der Waals surface area contributed by atoms with E-state index in [-0.39, 0.29) is 31.0 Å². The molecule has 1 aromatic carbocycles. The molecule has 0 aliphatic rings. The van der Waals surface area contributed by atoms with Crippen LogP contribution >= 0.6 is 0 Å². The fraction of sp³-hybridized carbons (Fsp3) is 0.389. The average Bonchev–Trinajstić information content (AvgIpc) is 2.59. The van der Waals surface area contributed by atoms with Crippen molar-refractivity contribution in [2.45, 2.75) is 46.5 Å². The number of hydrazone groups is 1. The van der Waals surface area contributed by atoms with Gasteiger partial charge in [0.25, 0.3) is 0 Å². The standard InChI is InChI=1S/C18H24N4O4/c1-4-13(21-22-18(26)17(19)25)10-15(23)7-8-16(24)20-14-6-5-11(2)12(3)9-14/h5-6,9H,4,7-8,10H2,1-3H3,(H2,19,25)(H,20,24)(H,22,26). The lowest BCUT2D eigenvalue weighted by molar-refractivity contribution is -0.137. The van der Waals surface area contributed by atoms with E-state index < -0.39 is 11.8 Å². The number of rotatable bonds is 8. The van der Waals surface area contributed by atoms with Crippen LogP contribution in [0, 0.1) is 13.8 Å². The number of carbonyl (C=O) groups excluding carboxylic acids is 4. The number of aryl methyl sites for hydroxylation is 2. The summed E-state index contributed by atoms with van der Waals surface area (Å²) in [5, 5.41) is 6.47. The van der Waals surface area contributed by atoms with Crippen LogP contribution in [0.5, 0.6) is 0 Å². The molecular weight excluding hydrogens is 336 g/mol. The maximum absolute atomic E-state index is 12.0. The summed E-state index contributed by atoms with van der Waals surface area (Å²) < 4.78 is 0. The normalized spacial score (nSPS) is 11.0. The van der Waals surface area contributed by atoms with E-state index in [0.717, 1.165) is 11.1 Å². The zero-order valence-electron chi connectivity index (χ0n) is 15.2. The fourth-order valence-electron chi connectivity index (χ4n) is 2.04. The molecule has 0 aliphatic carbocycles. The second-order valence-corrected chi connectivity index (χ2v) is 5.90. The summed E-state index contributed by atoms with van der Waals surface area (Å²) in [5.74, 6) is -2.64. The number of carbonyl (C=O) groups is 4. The molecule has 4 N–H and O–H groups in total. The monoisotopic (exact) mass is 360 g/mol. The van der Waals surface area contributed by atoms with Gasteiger partial charge >= 0.3 is 11.8 Å². The third-order valence-corrected chi connectivity index (χ3v) is 3.77. The first-order chi connectivity index (χ1) is 12.2. The highest BCUT2D eigenvalue weighted by atomic mass is 16.2. The summed E-state index contributed by atoms with van der Waals surface area (Å²) in [6.45, 7) is 5.70. The van der Waals surface area contributed by atoms with Crippen LogP contribution in [0.1, 0.15) is 43.7 Å². The maximum Gasteiger partial charge on any atom is 0.329 e. The smallest absolute Gasteiger partial charge is 0.329 e. The molecule has 0 spiro atoms. The van der Waals surface area contributed by atoms with Crippen molar-refractivity contribution < 1.29 is 19.2 Å². The molecule has 0 aliphatic heterocycles. The molecule has 1 aromatic rings. The number of ketones is 1. The SMILES string of the molecule is CCC(CC(=O)CCC(=O)Nc1ccc(C)c(C)c1)=NNC(=O)C(N)=O. The molecule has 0 bridgehead atoms. The lowest BCUT2D eigenvalue weighted by atomic mass is 10.1. The van der Waals surface area contributed by atoms with Crippen LogP contribution in [0.15, 0.2) is 23.3 Å². The molecular formula is C18H24N4O4. The van der Waals surface area contributed by atoms with Crippen LogP contribution in [-0.2, 0) is 19.2 Å². The van der Waals surface area contributed by atoms with Gasteiger partial charge in [0, 0.05) is 30.7 Å². The maximum atomic E-state index is 12.0. The first-order valence-corrected chi connectivity index (χ1v) is 8.27. The van der Waals surface area contributed by atoms with Crippen LogP contribution in [0.25, 0.3) is 0 Å². The minimum atomic E-state index is -1.15. The molecule has 26 heavy (non-hydrogen) atoms. The van der Waals surface area contributed by atoms with Gasteiger partial charge in [-0.1, -0.05) is 13.0 Å². The summed E-state index contributed by atoms with van der Waals surface area (Å²) in [4.78, 5) is 45.6. The number of hydrogen-bond acceptors (Lipinski definition) is 5. The van der Waals surface area contributed by atoms with Gasteiger partial charge < -0.3 is 11.1 Å². The second-order valence-electron chi connectivity index (χ2n) is 5.90. The number of hydrogen-bond donors (Lipinski definition) is 3. The van der Waals surface area contributed by atoms with E-state index >= 15 is 0 Å². The lowest BCUT2D eigenvalue weighted by Crippen LogP contribution is -2.33. The minimum absolute atomic E-state index is 0.00748. The summed E-state index contributed by atoms with van der Waals surface area (Å²) in [6, 6.07) is 5.60. The van der Waals surface area contributed by atoms with Gasteiger partial charge in [-0.05, 0) is 43.5 Å². The van der Waals surface area contributed by atoms with E-state index in [0.29, 0.717) is 17.8 Å². The summed E-state index contributed by atoms with van der Waals surface area (Å²) in [6.07, 6.45) is 0.516. The quantitative estimate of drug-likeness (QED) is 0.367. The van der Waals surface area contributed by atoms with Gasteiger partial charge in [0.1, 0.15) is 5.78 Å². The zero-order chi connectivity index (χ0) is 19.7. The summed E-state index contributed by atoms with van der Waals surface area (Å²) in [5.41, 5.74) is 10.1. The van der Waals surface area contributed by atoms with Crippen molar-refractivity contribution in [3.05, 3.63) is 29.3 Å². The Bertz CT molecular complexity index is 741. The van der Waals surface area contributed by atoms with E-state index in [9.17, 15) is 19.2 Å². The highest BCUT2D eigenvalue weighted by Gasteiger charge is 2.12. The Morgan fingerprint density at radius 3 is 2.35 bits per heavy atom. The Morgan fingerprint density at radius 1 is 1.08 bits per heavy atom. The summed E-state index contributed by atoms with van der Waals surface area (Å²) >= 11 is 0. The second kappa shape index (κ2) is 10.1. The Labute approximate surface area is 152 Å². The molecule has 0 saturated carbocycles. The largest absolute Gasteiger partial charge is 0.361 e. The number of nitrogens with one attached hydrogen (secondary N) is 2. The van der Waals surface area contributed by atoms with Crippen LogP contribution in [-0.4, -0.2) is 29.2 Å². The molecule has 8 nitrogen and oxygen atoms in total. The highest BCUT2D eigenvalue weighted by molar-refractivity contribution is 6.34. The number of nitrogens with zero attached hydrogens (tertiary/aromatic N) is 1. The van der Waals surface area contributed by atoms with Crippen molar-refractivity contribution >= 4 is 34.9 Å². The van der Waals surface area contributed by atoms with Gasteiger partial charge in [-0.15, -0.1) is 0 Å². The Kier molecular flexibility index (Phi) is 8.14. The molecule has 8 heteroatoms. The van der Waals surface area contributed by atoms with Gasteiger partial charge in [0.2, 0.25) is 5.91 Å². The Morgan fingerprint density at radius 2 is 1.77 bits per heavy atom. The van der Waals surface area contributed by atoms with Crippen LogP contribution in [0.4, 0.5) is 5.69 Å².